The zero-order chi connectivity index (χ0) is 16.4. The molecule has 1 unspecified atom stereocenters. The van der Waals surface area contributed by atoms with Crippen LogP contribution in [-0.4, -0.2) is 46.6 Å². The molecule has 1 aromatic heterocycles. The van der Waals surface area contributed by atoms with Gasteiger partial charge in [0.25, 0.3) is 0 Å². The number of thioether (sulfide) groups is 1. The molecule has 5 nitrogen and oxygen atoms in total. The number of rotatable bonds is 4. The van der Waals surface area contributed by atoms with Crippen molar-refractivity contribution < 1.29 is 9.59 Å². The SMILES string of the molecule is CC(C)CN1C(=O)C(CC(=O)N2CCCC2)Sc2ncccc21. The minimum atomic E-state index is -0.357. The van der Waals surface area contributed by atoms with Crippen molar-refractivity contribution in [3.8, 4) is 0 Å². The normalized spacial score (nSPS) is 21.0. The molecule has 2 aliphatic heterocycles. The number of hydrogen-bond donors (Lipinski definition) is 0. The molecule has 6 heteroatoms. The van der Waals surface area contributed by atoms with Crippen LogP contribution in [0, 0.1) is 5.92 Å². The number of carbonyl (C=O) groups is 2. The Bertz CT molecular complexity index is 599. The Morgan fingerprint density at radius 1 is 1.39 bits per heavy atom. The van der Waals surface area contributed by atoms with E-state index >= 15 is 0 Å². The zero-order valence-corrected chi connectivity index (χ0v) is 14.5. The molecule has 0 N–H and O–H groups in total. The zero-order valence-electron chi connectivity index (χ0n) is 13.7. The summed E-state index contributed by atoms with van der Waals surface area (Å²) >= 11 is 1.43. The van der Waals surface area contributed by atoms with Crippen molar-refractivity contribution >= 4 is 29.3 Å². The van der Waals surface area contributed by atoms with Crippen LogP contribution in [0.4, 0.5) is 5.69 Å². The van der Waals surface area contributed by atoms with Gasteiger partial charge in [-0.15, -0.1) is 0 Å². The first-order valence-electron chi connectivity index (χ1n) is 8.27. The minimum Gasteiger partial charge on any atom is -0.343 e. The Labute approximate surface area is 141 Å². The Morgan fingerprint density at radius 3 is 2.83 bits per heavy atom. The highest BCUT2D eigenvalue weighted by Gasteiger charge is 2.36. The van der Waals surface area contributed by atoms with Gasteiger partial charge < -0.3 is 9.80 Å². The third-order valence-corrected chi connectivity index (χ3v) is 5.39. The van der Waals surface area contributed by atoms with Gasteiger partial charge in [0.15, 0.2) is 0 Å². The van der Waals surface area contributed by atoms with E-state index in [0.717, 1.165) is 36.6 Å². The van der Waals surface area contributed by atoms with Crippen molar-refractivity contribution in [3.05, 3.63) is 18.3 Å². The lowest BCUT2D eigenvalue weighted by Gasteiger charge is -2.34. The Hall–Kier alpha value is -1.56. The number of fused-ring (bicyclic) bond motifs is 1. The van der Waals surface area contributed by atoms with Gasteiger partial charge in [-0.3, -0.25) is 9.59 Å². The van der Waals surface area contributed by atoms with Crippen molar-refractivity contribution in [2.45, 2.75) is 43.4 Å². The number of carbonyl (C=O) groups excluding carboxylic acids is 2. The topological polar surface area (TPSA) is 53.5 Å². The molecule has 23 heavy (non-hydrogen) atoms. The van der Waals surface area contributed by atoms with Crippen LogP contribution in [0.2, 0.25) is 0 Å². The van der Waals surface area contributed by atoms with Crippen LogP contribution in [0.15, 0.2) is 23.4 Å². The molecule has 1 aromatic rings. The van der Waals surface area contributed by atoms with Crippen LogP contribution in [0.3, 0.4) is 0 Å². The van der Waals surface area contributed by atoms with Crippen LogP contribution < -0.4 is 4.90 Å². The van der Waals surface area contributed by atoms with Crippen molar-refractivity contribution in [3.63, 3.8) is 0 Å². The maximum Gasteiger partial charge on any atom is 0.241 e. The van der Waals surface area contributed by atoms with Gasteiger partial charge in [-0.05, 0) is 30.9 Å². The molecule has 0 saturated carbocycles. The fourth-order valence-electron chi connectivity index (χ4n) is 3.09. The first-order valence-corrected chi connectivity index (χ1v) is 9.15. The number of aromatic nitrogens is 1. The van der Waals surface area contributed by atoms with Crippen LogP contribution >= 0.6 is 11.8 Å². The highest BCUT2D eigenvalue weighted by Crippen LogP contribution is 2.39. The van der Waals surface area contributed by atoms with Gasteiger partial charge >= 0.3 is 0 Å². The average molecular weight is 333 g/mol. The summed E-state index contributed by atoms with van der Waals surface area (Å²) in [5.41, 5.74) is 0.876. The first kappa shape index (κ1) is 16.3. The van der Waals surface area contributed by atoms with Crippen molar-refractivity contribution in [2.75, 3.05) is 24.5 Å². The fourth-order valence-corrected chi connectivity index (χ4v) is 4.24. The van der Waals surface area contributed by atoms with E-state index in [1.807, 2.05) is 21.9 Å². The second kappa shape index (κ2) is 6.91. The van der Waals surface area contributed by atoms with E-state index in [1.54, 1.807) is 6.20 Å². The highest BCUT2D eigenvalue weighted by atomic mass is 32.2. The second-order valence-electron chi connectivity index (χ2n) is 6.57. The quantitative estimate of drug-likeness (QED) is 0.850. The van der Waals surface area contributed by atoms with E-state index in [4.69, 9.17) is 0 Å². The lowest BCUT2D eigenvalue weighted by molar-refractivity contribution is -0.132. The van der Waals surface area contributed by atoms with Crippen LogP contribution in [-0.2, 0) is 9.59 Å². The Kier molecular flexibility index (Phi) is 4.90. The Morgan fingerprint density at radius 2 is 2.13 bits per heavy atom. The standard InChI is InChI=1S/C17H23N3O2S/c1-12(2)11-20-13-6-5-7-18-16(13)23-14(17(20)22)10-15(21)19-8-3-4-9-19/h5-7,12,14H,3-4,8-11H2,1-2H3. The molecule has 0 spiro atoms. The van der Waals surface area contributed by atoms with E-state index in [2.05, 4.69) is 18.8 Å². The number of likely N-dealkylation sites (tertiary alicyclic amines) is 1. The van der Waals surface area contributed by atoms with E-state index in [9.17, 15) is 9.59 Å². The maximum absolute atomic E-state index is 12.9. The predicted octanol–water partition coefficient (Wildman–Crippen LogP) is 2.56. The summed E-state index contributed by atoms with van der Waals surface area (Å²) in [4.78, 5) is 33.4. The molecular formula is C17H23N3O2S. The monoisotopic (exact) mass is 333 g/mol. The summed E-state index contributed by atoms with van der Waals surface area (Å²) in [6.07, 6.45) is 4.16. The molecule has 1 saturated heterocycles. The molecule has 2 aliphatic rings. The van der Waals surface area contributed by atoms with Crippen molar-refractivity contribution in [1.29, 1.82) is 0 Å². The third-order valence-electron chi connectivity index (χ3n) is 4.20. The highest BCUT2D eigenvalue weighted by molar-refractivity contribution is 8.00. The lowest BCUT2D eigenvalue weighted by Crippen LogP contribution is -2.45. The fraction of sp³-hybridized carbons (Fsp3) is 0.588. The molecule has 0 radical (unpaired) electrons. The van der Waals surface area contributed by atoms with Gasteiger partial charge in [0.2, 0.25) is 11.8 Å². The average Bonchev–Trinajstić information content (AvgIpc) is 3.05. The number of hydrogen-bond acceptors (Lipinski definition) is 4. The van der Waals surface area contributed by atoms with Gasteiger partial charge in [-0.1, -0.05) is 25.6 Å². The largest absolute Gasteiger partial charge is 0.343 e. The van der Waals surface area contributed by atoms with Crippen molar-refractivity contribution in [1.82, 2.24) is 9.88 Å². The summed E-state index contributed by atoms with van der Waals surface area (Å²) in [6.45, 7) is 6.50. The van der Waals surface area contributed by atoms with Crippen molar-refractivity contribution in [2.24, 2.45) is 5.92 Å². The van der Waals surface area contributed by atoms with Gasteiger partial charge in [0, 0.05) is 32.3 Å². The van der Waals surface area contributed by atoms with Gasteiger partial charge in [0.05, 0.1) is 10.9 Å². The molecular weight excluding hydrogens is 310 g/mol. The number of amides is 2. The number of nitrogens with zero attached hydrogens (tertiary/aromatic N) is 3. The minimum absolute atomic E-state index is 0.0387. The molecule has 0 aliphatic carbocycles. The molecule has 1 fully saturated rings. The summed E-state index contributed by atoms with van der Waals surface area (Å²) in [7, 11) is 0. The summed E-state index contributed by atoms with van der Waals surface area (Å²) in [5, 5.41) is 0.497. The predicted molar refractivity (Wildman–Crippen MR) is 91.5 cm³/mol. The lowest BCUT2D eigenvalue weighted by atomic mass is 10.1. The summed E-state index contributed by atoms with van der Waals surface area (Å²) < 4.78 is 0. The van der Waals surface area contributed by atoms with E-state index in [-0.39, 0.29) is 23.5 Å². The van der Waals surface area contributed by atoms with Gasteiger partial charge in [-0.2, -0.15) is 0 Å². The van der Waals surface area contributed by atoms with Gasteiger partial charge in [0.1, 0.15) is 5.03 Å². The molecule has 1 atom stereocenters. The van der Waals surface area contributed by atoms with Crippen LogP contribution in [0.25, 0.3) is 0 Å². The molecule has 124 valence electrons. The molecule has 3 heterocycles. The Balaban J connectivity index is 1.79. The summed E-state index contributed by atoms with van der Waals surface area (Å²) in [5.74, 6) is 0.499. The smallest absolute Gasteiger partial charge is 0.241 e. The molecule has 2 amide bonds. The van der Waals surface area contributed by atoms with E-state index in [1.165, 1.54) is 11.8 Å². The van der Waals surface area contributed by atoms with E-state index < -0.39 is 0 Å². The molecule has 0 bridgehead atoms. The first-order chi connectivity index (χ1) is 11.1. The molecule has 3 rings (SSSR count). The molecule has 0 aromatic carbocycles. The van der Waals surface area contributed by atoms with Crippen LogP contribution in [0.1, 0.15) is 33.1 Å². The number of pyridine rings is 1. The van der Waals surface area contributed by atoms with Crippen LogP contribution in [0.5, 0.6) is 0 Å². The second-order valence-corrected chi connectivity index (χ2v) is 7.76. The maximum atomic E-state index is 12.9. The van der Waals surface area contributed by atoms with E-state index in [0.29, 0.717) is 12.5 Å². The number of anilines is 1. The van der Waals surface area contributed by atoms with Gasteiger partial charge in [-0.25, -0.2) is 4.98 Å². The summed E-state index contributed by atoms with van der Waals surface area (Å²) in [6, 6.07) is 3.80. The third kappa shape index (κ3) is 3.52.